The van der Waals surface area contributed by atoms with E-state index in [1.54, 1.807) is 6.20 Å². The van der Waals surface area contributed by atoms with Gasteiger partial charge in [-0.25, -0.2) is 9.97 Å². The molecule has 2 N–H and O–H groups in total. The highest BCUT2D eigenvalue weighted by atomic mass is 32.1. The van der Waals surface area contributed by atoms with Gasteiger partial charge in [0.05, 0.1) is 22.6 Å². The fourth-order valence-electron chi connectivity index (χ4n) is 1.51. The second-order valence-electron chi connectivity index (χ2n) is 3.81. The lowest BCUT2D eigenvalue weighted by Crippen LogP contribution is -2.26. The molecule has 0 aromatic carbocycles. The fourth-order valence-corrected chi connectivity index (χ4v) is 2.21. The number of nitrogens with zero attached hydrogens (tertiary/aromatic N) is 3. The lowest BCUT2D eigenvalue weighted by molar-refractivity contribution is -0.385. The van der Waals surface area contributed by atoms with Crippen molar-refractivity contribution in [1.82, 2.24) is 9.97 Å². The molecule has 0 amide bonds. The number of nitro groups is 1. The van der Waals surface area contributed by atoms with Crippen molar-refractivity contribution in [1.29, 1.82) is 0 Å². The van der Waals surface area contributed by atoms with Crippen LogP contribution in [0.25, 0.3) is 0 Å². The summed E-state index contributed by atoms with van der Waals surface area (Å²) in [4.78, 5) is 18.1. The van der Waals surface area contributed by atoms with Crippen molar-refractivity contribution in [2.24, 2.45) is 0 Å². The van der Waals surface area contributed by atoms with Gasteiger partial charge in [-0.2, -0.15) is 0 Å². The monoisotopic (exact) mass is 280 g/mol. The zero-order chi connectivity index (χ0) is 13.7. The van der Waals surface area contributed by atoms with Gasteiger partial charge in [0.25, 0.3) is 5.69 Å². The van der Waals surface area contributed by atoms with Gasteiger partial charge in [-0.15, -0.1) is 11.3 Å². The molecule has 0 saturated carbocycles. The number of anilines is 1. The number of pyridine rings is 1. The number of aromatic nitrogens is 2. The average Bonchev–Trinajstić information content (AvgIpc) is 2.91. The molecule has 7 nitrogen and oxygen atoms in total. The summed E-state index contributed by atoms with van der Waals surface area (Å²) in [7, 11) is 0. The molecule has 0 fully saturated rings. The Morgan fingerprint density at radius 2 is 2.32 bits per heavy atom. The Hall–Kier alpha value is -2.06. The highest BCUT2D eigenvalue weighted by molar-refractivity contribution is 7.09. The molecule has 1 atom stereocenters. The second kappa shape index (κ2) is 6.21. The second-order valence-corrected chi connectivity index (χ2v) is 4.79. The van der Waals surface area contributed by atoms with Crippen molar-refractivity contribution in [3.8, 4) is 0 Å². The molecular formula is C11H12N4O3S. The molecule has 100 valence electrons. The summed E-state index contributed by atoms with van der Waals surface area (Å²) in [5.74, 6) is 0.487. The maximum absolute atomic E-state index is 10.5. The van der Waals surface area contributed by atoms with Gasteiger partial charge in [0.2, 0.25) is 0 Å². The minimum absolute atomic E-state index is 0.0639. The van der Waals surface area contributed by atoms with Crippen LogP contribution in [-0.2, 0) is 6.42 Å². The predicted octanol–water partition coefficient (Wildman–Crippen LogP) is 1.46. The van der Waals surface area contributed by atoms with Crippen LogP contribution < -0.4 is 5.32 Å². The Morgan fingerprint density at radius 3 is 2.84 bits per heavy atom. The Labute approximate surface area is 113 Å². The van der Waals surface area contributed by atoms with Gasteiger partial charge in [0.1, 0.15) is 12.0 Å². The number of hydrogen-bond donors (Lipinski definition) is 2. The molecule has 0 radical (unpaired) electrons. The minimum atomic E-state index is -0.504. The average molecular weight is 280 g/mol. The number of aliphatic hydroxyl groups excluding tert-OH is 1. The van der Waals surface area contributed by atoms with E-state index in [1.807, 2.05) is 5.38 Å². The van der Waals surface area contributed by atoms with Crippen LogP contribution in [0, 0.1) is 10.1 Å². The number of aliphatic hydroxyl groups is 1. The highest BCUT2D eigenvalue weighted by Gasteiger charge is 2.12. The first-order valence-corrected chi connectivity index (χ1v) is 6.43. The maximum atomic E-state index is 10.5. The summed E-state index contributed by atoms with van der Waals surface area (Å²) >= 11 is 1.51. The number of nitrogens with one attached hydrogen (secondary N) is 1. The third-order valence-electron chi connectivity index (χ3n) is 2.44. The molecular weight excluding hydrogens is 268 g/mol. The smallest absolute Gasteiger partial charge is 0.287 e. The molecule has 0 spiro atoms. The Bertz CT molecular complexity index is 529. The minimum Gasteiger partial charge on any atom is -0.394 e. The fraction of sp³-hybridized carbons (Fsp3) is 0.273. The largest absolute Gasteiger partial charge is 0.394 e. The maximum Gasteiger partial charge on any atom is 0.287 e. The van der Waals surface area contributed by atoms with E-state index in [0.29, 0.717) is 12.2 Å². The van der Waals surface area contributed by atoms with Crippen LogP contribution in [0.15, 0.2) is 29.9 Å². The first-order valence-electron chi connectivity index (χ1n) is 5.55. The first kappa shape index (κ1) is 13.4. The molecule has 0 saturated heterocycles. The van der Waals surface area contributed by atoms with Crippen LogP contribution >= 0.6 is 11.3 Å². The van der Waals surface area contributed by atoms with Crippen molar-refractivity contribution in [2.45, 2.75) is 12.5 Å². The predicted molar refractivity (Wildman–Crippen MR) is 71.2 cm³/mol. The molecule has 8 heteroatoms. The Morgan fingerprint density at radius 1 is 1.47 bits per heavy atom. The normalized spacial score (nSPS) is 12.1. The van der Waals surface area contributed by atoms with Gasteiger partial charge in [-0.05, 0) is 6.07 Å². The van der Waals surface area contributed by atoms with E-state index in [1.165, 1.54) is 29.7 Å². The van der Waals surface area contributed by atoms with Crippen molar-refractivity contribution >= 4 is 22.8 Å². The van der Waals surface area contributed by atoms with Gasteiger partial charge in [-0.1, -0.05) is 0 Å². The summed E-state index contributed by atoms with van der Waals surface area (Å²) in [6, 6.07) is 2.66. The van der Waals surface area contributed by atoms with E-state index in [-0.39, 0.29) is 18.3 Å². The molecule has 19 heavy (non-hydrogen) atoms. The summed E-state index contributed by atoms with van der Waals surface area (Å²) < 4.78 is 0. The number of thiazole rings is 1. The van der Waals surface area contributed by atoms with Gasteiger partial charge in [-0.3, -0.25) is 10.1 Å². The highest BCUT2D eigenvalue weighted by Crippen LogP contribution is 2.14. The molecule has 0 aliphatic carbocycles. The summed E-state index contributed by atoms with van der Waals surface area (Å²) in [6.45, 7) is -0.0712. The van der Waals surface area contributed by atoms with Crippen molar-refractivity contribution < 1.29 is 10.0 Å². The molecule has 2 rings (SSSR count). The van der Waals surface area contributed by atoms with E-state index in [9.17, 15) is 15.2 Å². The molecule has 0 aliphatic heterocycles. The van der Waals surface area contributed by atoms with Crippen molar-refractivity contribution in [2.75, 3.05) is 11.9 Å². The van der Waals surface area contributed by atoms with Gasteiger partial charge in [0.15, 0.2) is 0 Å². The van der Waals surface area contributed by atoms with E-state index in [2.05, 4.69) is 15.3 Å². The zero-order valence-electron chi connectivity index (χ0n) is 9.89. The summed E-state index contributed by atoms with van der Waals surface area (Å²) in [5, 5.41) is 25.6. The lowest BCUT2D eigenvalue weighted by Gasteiger charge is -2.15. The SMILES string of the molecule is O=[N+]([O-])c1ccc(NC(CO)Cc2nccs2)nc1. The van der Waals surface area contributed by atoms with Crippen molar-refractivity contribution in [3.05, 3.63) is 45.0 Å². The molecule has 2 aromatic rings. The van der Waals surface area contributed by atoms with E-state index in [4.69, 9.17) is 0 Å². The molecule has 1 unspecified atom stereocenters. The topological polar surface area (TPSA) is 101 Å². The van der Waals surface area contributed by atoms with Crippen molar-refractivity contribution in [3.63, 3.8) is 0 Å². The van der Waals surface area contributed by atoms with Crippen LogP contribution in [0.2, 0.25) is 0 Å². The van der Waals surface area contributed by atoms with Crippen LogP contribution in [0.4, 0.5) is 11.5 Å². The number of hydrogen-bond acceptors (Lipinski definition) is 7. The van der Waals surface area contributed by atoms with Crippen LogP contribution in [0.5, 0.6) is 0 Å². The quantitative estimate of drug-likeness (QED) is 0.613. The first-order chi connectivity index (χ1) is 9.19. The van der Waals surface area contributed by atoms with Gasteiger partial charge in [0, 0.05) is 24.1 Å². The van der Waals surface area contributed by atoms with E-state index < -0.39 is 4.92 Å². The standard InChI is InChI=1S/C11H12N4O3S/c16-7-8(5-11-12-3-4-19-11)14-10-2-1-9(6-13-10)15(17)18/h1-4,6,8,16H,5,7H2,(H,13,14). The Kier molecular flexibility index (Phi) is 4.37. The van der Waals surface area contributed by atoms with Crippen LogP contribution in [-0.4, -0.2) is 32.6 Å². The van der Waals surface area contributed by atoms with Gasteiger partial charge >= 0.3 is 0 Å². The summed E-state index contributed by atoms with van der Waals surface area (Å²) in [5.41, 5.74) is -0.0639. The van der Waals surface area contributed by atoms with E-state index >= 15 is 0 Å². The third kappa shape index (κ3) is 3.70. The zero-order valence-corrected chi connectivity index (χ0v) is 10.7. The van der Waals surface area contributed by atoms with Crippen LogP contribution in [0.3, 0.4) is 0 Å². The molecule has 0 aliphatic rings. The lowest BCUT2D eigenvalue weighted by atomic mass is 10.2. The number of rotatable bonds is 6. The van der Waals surface area contributed by atoms with Gasteiger partial charge < -0.3 is 10.4 Å². The van der Waals surface area contributed by atoms with E-state index in [0.717, 1.165) is 5.01 Å². The third-order valence-corrected chi connectivity index (χ3v) is 3.24. The molecule has 2 heterocycles. The van der Waals surface area contributed by atoms with Crippen LogP contribution in [0.1, 0.15) is 5.01 Å². The summed E-state index contributed by atoms with van der Waals surface area (Å²) in [6.07, 6.45) is 3.46. The Balaban J connectivity index is 1.99. The molecule has 2 aromatic heterocycles. The molecule has 0 bridgehead atoms.